The maximum Gasteiger partial charge on any atom is 0.303 e. The number of carbonyl (C=O) groups excluding carboxylic acids is 1. The molecule has 2 unspecified atom stereocenters. The van der Waals surface area contributed by atoms with Crippen molar-refractivity contribution in [2.75, 3.05) is 13.1 Å². The van der Waals surface area contributed by atoms with E-state index in [1.54, 1.807) is 0 Å². The van der Waals surface area contributed by atoms with E-state index in [1.165, 1.54) is 0 Å². The number of hydrogen-bond donors (Lipinski definition) is 2. The van der Waals surface area contributed by atoms with Crippen molar-refractivity contribution < 1.29 is 14.7 Å². The van der Waals surface area contributed by atoms with Crippen LogP contribution in [-0.2, 0) is 9.59 Å². The average molecular weight is 270 g/mol. The molecule has 3 N–H and O–H groups in total. The molecule has 0 aromatic heterocycles. The smallest absolute Gasteiger partial charge is 0.303 e. The van der Waals surface area contributed by atoms with Gasteiger partial charge in [-0.1, -0.05) is 13.8 Å². The van der Waals surface area contributed by atoms with Crippen molar-refractivity contribution in [2.45, 2.75) is 52.0 Å². The molecule has 1 amide bonds. The van der Waals surface area contributed by atoms with E-state index >= 15 is 0 Å². The van der Waals surface area contributed by atoms with Gasteiger partial charge in [-0.3, -0.25) is 9.59 Å². The first-order valence-electron chi connectivity index (χ1n) is 7.19. The highest BCUT2D eigenvalue weighted by Gasteiger charge is 2.32. The van der Waals surface area contributed by atoms with E-state index < -0.39 is 5.97 Å². The van der Waals surface area contributed by atoms with Gasteiger partial charge in [0.15, 0.2) is 0 Å². The Hall–Kier alpha value is -1.10. The van der Waals surface area contributed by atoms with E-state index in [2.05, 4.69) is 0 Å². The van der Waals surface area contributed by atoms with Crippen LogP contribution < -0.4 is 5.73 Å². The van der Waals surface area contributed by atoms with Gasteiger partial charge in [-0.15, -0.1) is 0 Å². The highest BCUT2D eigenvalue weighted by Crippen LogP contribution is 2.24. The number of piperidine rings is 1. The Balaban J connectivity index is 2.69. The average Bonchev–Trinajstić information content (AvgIpc) is 2.36. The number of carbonyl (C=O) groups is 2. The molecule has 2 atom stereocenters. The molecule has 0 radical (unpaired) electrons. The SMILES string of the molecule is CC(C)C(CN)C(=O)N1CCCCC1CCC(=O)O. The van der Waals surface area contributed by atoms with Crippen molar-refractivity contribution in [1.82, 2.24) is 4.90 Å². The van der Waals surface area contributed by atoms with Gasteiger partial charge in [-0.25, -0.2) is 0 Å². The number of likely N-dealkylation sites (tertiary alicyclic amines) is 1. The molecule has 0 bridgehead atoms. The molecule has 0 aliphatic carbocycles. The monoisotopic (exact) mass is 270 g/mol. The van der Waals surface area contributed by atoms with E-state index in [9.17, 15) is 9.59 Å². The molecule has 0 aromatic carbocycles. The standard InChI is InChI=1S/C14H26N2O3/c1-10(2)12(9-15)14(19)16-8-4-3-5-11(16)6-7-13(17)18/h10-12H,3-9,15H2,1-2H3,(H,17,18). The fourth-order valence-electron chi connectivity index (χ4n) is 2.75. The summed E-state index contributed by atoms with van der Waals surface area (Å²) in [5, 5.41) is 8.79. The van der Waals surface area contributed by atoms with Gasteiger partial charge in [-0.2, -0.15) is 0 Å². The van der Waals surface area contributed by atoms with Crippen LogP contribution in [-0.4, -0.2) is 41.0 Å². The first-order valence-corrected chi connectivity index (χ1v) is 7.19. The van der Waals surface area contributed by atoms with Crippen LogP contribution in [0.25, 0.3) is 0 Å². The number of hydrogen-bond acceptors (Lipinski definition) is 3. The van der Waals surface area contributed by atoms with Crippen molar-refractivity contribution in [3.8, 4) is 0 Å². The largest absolute Gasteiger partial charge is 0.481 e. The summed E-state index contributed by atoms with van der Waals surface area (Å²) in [6, 6.07) is 0.0742. The van der Waals surface area contributed by atoms with Gasteiger partial charge in [0.05, 0.1) is 5.92 Å². The molecule has 1 fully saturated rings. The zero-order valence-electron chi connectivity index (χ0n) is 12.0. The molecule has 5 heteroatoms. The minimum Gasteiger partial charge on any atom is -0.481 e. The third kappa shape index (κ3) is 4.49. The lowest BCUT2D eigenvalue weighted by Crippen LogP contribution is -2.49. The third-order valence-corrected chi connectivity index (χ3v) is 3.98. The van der Waals surface area contributed by atoms with Crippen molar-refractivity contribution in [1.29, 1.82) is 0 Å². The molecule has 0 spiro atoms. The second kappa shape index (κ2) is 7.48. The van der Waals surface area contributed by atoms with Crippen LogP contribution >= 0.6 is 0 Å². The summed E-state index contributed by atoms with van der Waals surface area (Å²) in [5.74, 6) is -0.616. The summed E-state index contributed by atoms with van der Waals surface area (Å²) in [7, 11) is 0. The molecule has 19 heavy (non-hydrogen) atoms. The molecule has 0 aromatic rings. The summed E-state index contributed by atoms with van der Waals surface area (Å²) in [5.41, 5.74) is 5.71. The molecule has 1 heterocycles. The number of nitrogens with two attached hydrogens (primary N) is 1. The Labute approximate surface area is 115 Å². The predicted octanol–water partition coefficient (Wildman–Crippen LogP) is 1.46. The number of carboxylic acid groups (broad SMARTS) is 1. The molecule has 1 saturated heterocycles. The first kappa shape index (κ1) is 16.0. The summed E-state index contributed by atoms with van der Waals surface area (Å²) in [4.78, 5) is 25.1. The Bertz CT molecular complexity index is 318. The van der Waals surface area contributed by atoms with Gasteiger partial charge in [0.25, 0.3) is 0 Å². The predicted molar refractivity (Wildman–Crippen MR) is 73.6 cm³/mol. The summed E-state index contributed by atoms with van der Waals surface area (Å²) in [6.45, 7) is 5.11. The van der Waals surface area contributed by atoms with Crippen molar-refractivity contribution in [3.05, 3.63) is 0 Å². The maximum atomic E-state index is 12.5. The van der Waals surface area contributed by atoms with Crippen LogP contribution in [0.2, 0.25) is 0 Å². The van der Waals surface area contributed by atoms with E-state index in [0.29, 0.717) is 13.0 Å². The molecular weight excluding hydrogens is 244 g/mol. The molecular formula is C14H26N2O3. The zero-order valence-corrected chi connectivity index (χ0v) is 12.0. The van der Waals surface area contributed by atoms with Crippen molar-refractivity contribution in [2.24, 2.45) is 17.6 Å². The van der Waals surface area contributed by atoms with E-state index in [1.807, 2.05) is 18.7 Å². The normalized spacial score (nSPS) is 21.5. The molecule has 1 rings (SSSR count). The number of rotatable bonds is 6. The lowest BCUT2D eigenvalue weighted by molar-refractivity contribution is -0.143. The van der Waals surface area contributed by atoms with Crippen molar-refractivity contribution in [3.63, 3.8) is 0 Å². The Morgan fingerprint density at radius 2 is 2.05 bits per heavy atom. The highest BCUT2D eigenvalue weighted by atomic mass is 16.4. The van der Waals surface area contributed by atoms with Crippen LogP contribution in [0.4, 0.5) is 0 Å². The fraction of sp³-hybridized carbons (Fsp3) is 0.857. The van der Waals surface area contributed by atoms with Gasteiger partial charge in [0, 0.05) is 25.6 Å². The second-order valence-electron chi connectivity index (χ2n) is 5.70. The number of nitrogens with zero attached hydrogens (tertiary/aromatic N) is 1. The van der Waals surface area contributed by atoms with Gasteiger partial charge >= 0.3 is 5.97 Å². The lowest BCUT2D eigenvalue weighted by Gasteiger charge is -2.38. The van der Waals surface area contributed by atoms with Gasteiger partial charge in [0.1, 0.15) is 0 Å². The van der Waals surface area contributed by atoms with Crippen LogP contribution in [0.1, 0.15) is 46.0 Å². The first-order chi connectivity index (χ1) is 8.97. The Morgan fingerprint density at radius 3 is 2.58 bits per heavy atom. The maximum absolute atomic E-state index is 12.5. The number of amides is 1. The minimum atomic E-state index is -0.794. The molecule has 110 valence electrons. The minimum absolute atomic E-state index is 0.0742. The highest BCUT2D eigenvalue weighted by molar-refractivity contribution is 5.80. The second-order valence-corrected chi connectivity index (χ2v) is 5.70. The molecule has 0 saturated carbocycles. The van der Waals surface area contributed by atoms with Crippen LogP contribution in [0.15, 0.2) is 0 Å². The van der Waals surface area contributed by atoms with Gasteiger partial charge in [-0.05, 0) is 31.6 Å². The van der Waals surface area contributed by atoms with E-state index in [0.717, 1.165) is 25.8 Å². The van der Waals surface area contributed by atoms with Gasteiger partial charge in [0.2, 0.25) is 5.91 Å². The third-order valence-electron chi connectivity index (χ3n) is 3.98. The number of aliphatic carboxylic acids is 1. The van der Waals surface area contributed by atoms with E-state index in [-0.39, 0.29) is 30.2 Å². The summed E-state index contributed by atoms with van der Waals surface area (Å²) < 4.78 is 0. The molecule has 1 aliphatic rings. The summed E-state index contributed by atoms with van der Waals surface area (Å²) in [6.07, 6.45) is 3.67. The number of carboxylic acids is 1. The topological polar surface area (TPSA) is 83.6 Å². The Kier molecular flexibility index (Phi) is 6.28. The summed E-state index contributed by atoms with van der Waals surface area (Å²) >= 11 is 0. The van der Waals surface area contributed by atoms with Crippen LogP contribution in [0.5, 0.6) is 0 Å². The van der Waals surface area contributed by atoms with Crippen molar-refractivity contribution >= 4 is 11.9 Å². The van der Waals surface area contributed by atoms with Crippen LogP contribution in [0, 0.1) is 11.8 Å². The fourth-order valence-corrected chi connectivity index (χ4v) is 2.75. The van der Waals surface area contributed by atoms with Crippen LogP contribution in [0.3, 0.4) is 0 Å². The van der Waals surface area contributed by atoms with E-state index in [4.69, 9.17) is 10.8 Å². The zero-order chi connectivity index (χ0) is 14.4. The van der Waals surface area contributed by atoms with Gasteiger partial charge < -0.3 is 15.7 Å². The molecule has 5 nitrogen and oxygen atoms in total. The molecule has 1 aliphatic heterocycles. The Morgan fingerprint density at radius 1 is 1.37 bits per heavy atom. The lowest BCUT2D eigenvalue weighted by atomic mass is 9.91. The quantitative estimate of drug-likeness (QED) is 0.765.